The van der Waals surface area contributed by atoms with Crippen LogP contribution in [0.15, 0.2) is 29.2 Å². The molecule has 1 unspecified atom stereocenters. The zero-order chi connectivity index (χ0) is 15.8. The first-order valence-corrected chi connectivity index (χ1v) is 8.74. The van der Waals surface area contributed by atoms with E-state index in [9.17, 15) is 4.79 Å². The largest absolute Gasteiger partial charge is 0.372 e. The summed E-state index contributed by atoms with van der Waals surface area (Å²) in [7, 11) is 0. The first kappa shape index (κ1) is 14.7. The standard InChI is InChI=1S/C16H18N4O2S/c1-11-10-23-13-5-3-2-4-12(13)8-20(11)16(21)15-18-17-14-9-22-7-6-19(14)15/h2-5,11H,6-10H2,1H3. The van der Waals surface area contributed by atoms with Crippen molar-refractivity contribution in [2.24, 2.45) is 0 Å². The number of ether oxygens (including phenoxy) is 1. The summed E-state index contributed by atoms with van der Waals surface area (Å²) in [6, 6.07) is 8.43. The van der Waals surface area contributed by atoms with Gasteiger partial charge in [-0.05, 0) is 18.6 Å². The summed E-state index contributed by atoms with van der Waals surface area (Å²) in [5.41, 5.74) is 1.19. The highest BCUT2D eigenvalue weighted by Crippen LogP contribution is 2.30. The van der Waals surface area contributed by atoms with Crippen molar-refractivity contribution in [3.8, 4) is 0 Å². The van der Waals surface area contributed by atoms with E-state index in [1.54, 1.807) is 0 Å². The Morgan fingerprint density at radius 2 is 2.22 bits per heavy atom. The maximum absolute atomic E-state index is 13.1. The van der Waals surface area contributed by atoms with Crippen LogP contribution < -0.4 is 0 Å². The number of hydrogen-bond acceptors (Lipinski definition) is 5. The van der Waals surface area contributed by atoms with Crippen LogP contribution in [0.1, 0.15) is 28.9 Å². The average Bonchev–Trinajstić information content (AvgIpc) is 2.94. The van der Waals surface area contributed by atoms with Gasteiger partial charge in [-0.2, -0.15) is 0 Å². The lowest BCUT2D eigenvalue weighted by Crippen LogP contribution is -2.40. The highest BCUT2D eigenvalue weighted by molar-refractivity contribution is 7.99. The molecule has 0 aliphatic carbocycles. The molecule has 0 spiro atoms. The van der Waals surface area contributed by atoms with Gasteiger partial charge in [0, 0.05) is 29.8 Å². The summed E-state index contributed by atoms with van der Waals surface area (Å²) in [4.78, 5) is 16.2. The zero-order valence-corrected chi connectivity index (χ0v) is 13.8. The second-order valence-corrected chi connectivity index (χ2v) is 6.91. The Hall–Kier alpha value is -1.86. The predicted octanol–water partition coefficient (Wildman–Crippen LogP) is 1.94. The summed E-state index contributed by atoms with van der Waals surface area (Å²) >= 11 is 1.81. The van der Waals surface area contributed by atoms with E-state index in [2.05, 4.69) is 29.3 Å². The molecule has 1 atom stereocenters. The van der Waals surface area contributed by atoms with Crippen LogP contribution >= 0.6 is 11.8 Å². The Morgan fingerprint density at radius 3 is 3.13 bits per heavy atom. The minimum Gasteiger partial charge on any atom is -0.372 e. The molecule has 3 heterocycles. The topological polar surface area (TPSA) is 60.2 Å². The van der Waals surface area contributed by atoms with Gasteiger partial charge in [0.15, 0.2) is 5.82 Å². The van der Waals surface area contributed by atoms with Gasteiger partial charge >= 0.3 is 0 Å². The van der Waals surface area contributed by atoms with E-state index in [1.165, 1.54) is 10.5 Å². The van der Waals surface area contributed by atoms with Gasteiger partial charge in [0.1, 0.15) is 6.61 Å². The van der Waals surface area contributed by atoms with Gasteiger partial charge in [0.25, 0.3) is 5.91 Å². The second kappa shape index (κ2) is 5.98. The van der Waals surface area contributed by atoms with E-state index < -0.39 is 0 Å². The molecule has 4 rings (SSSR count). The molecule has 0 saturated carbocycles. The van der Waals surface area contributed by atoms with Crippen molar-refractivity contribution in [3.05, 3.63) is 41.5 Å². The van der Waals surface area contributed by atoms with Crippen LogP contribution in [0.5, 0.6) is 0 Å². The van der Waals surface area contributed by atoms with Crippen molar-refractivity contribution in [1.29, 1.82) is 0 Å². The molecule has 1 amide bonds. The van der Waals surface area contributed by atoms with Crippen LogP contribution in [-0.2, 0) is 24.4 Å². The first-order chi connectivity index (χ1) is 11.2. The van der Waals surface area contributed by atoms with Crippen molar-refractivity contribution in [3.63, 3.8) is 0 Å². The number of nitrogens with zero attached hydrogens (tertiary/aromatic N) is 4. The fourth-order valence-electron chi connectivity index (χ4n) is 2.97. The molecular formula is C16H18N4O2S. The van der Waals surface area contributed by atoms with Crippen LogP contribution in [0, 0.1) is 0 Å². The Balaban J connectivity index is 1.66. The lowest BCUT2D eigenvalue weighted by molar-refractivity contribution is 0.0637. The monoisotopic (exact) mass is 330 g/mol. The van der Waals surface area contributed by atoms with Gasteiger partial charge in [-0.15, -0.1) is 22.0 Å². The summed E-state index contributed by atoms with van der Waals surface area (Å²) in [5.74, 6) is 2.00. The third kappa shape index (κ3) is 2.64. The summed E-state index contributed by atoms with van der Waals surface area (Å²) in [5, 5.41) is 8.23. The SMILES string of the molecule is CC1CSc2ccccc2CN1C(=O)c1nnc2n1CCOC2. The molecule has 120 valence electrons. The minimum atomic E-state index is -0.0459. The summed E-state index contributed by atoms with van der Waals surface area (Å²) in [6.07, 6.45) is 0. The Labute approximate surface area is 138 Å². The highest BCUT2D eigenvalue weighted by Gasteiger charge is 2.30. The molecule has 7 heteroatoms. The quantitative estimate of drug-likeness (QED) is 0.800. The fraction of sp³-hybridized carbons (Fsp3) is 0.438. The molecule has 2 aliphatic rings. The fourth-order valence-corrected chi connectivity index (χ4v) is 4.06. The van der Waals surface area contributed by atoms with Gasteiger partial charge in [-0.1, -0.05) is 18.2 Å². The number of carbonyl (C=O) groups excluding carboxylic acids is 1. The van der Waals surface area contributed by atoms with Crippen LogP contribution in [0.2, 0.25) is 0 Å². The van der Waals surface area contributed by atoms with E-state index in [4.69, 9.17) is 4.74 Å². The van der Waals surface area contributed by atoms with Crippen LogP contribution in [-0.4, -0.2) is 44.0 Å². The van der Waals surface area contributed by atoms with E-state index >= 15 is 0 Å². The molecule has 1 aromatic carbocycles. The van der Waals surface area contributed by atoms with Gasteiger partial charge in [0.2, 0.25) is 5.82 Å². The molecule has 0 bridgehead atoms. The number of thioether (sulfide) groups is 1. The van der Waals surface area contributed by atoms with Crippen LogP contribution in [0.25, 0.3) is 0 Å². The van der Waals surface area contributed by atoms with Crippen LogP contribution in [0.4, 0.5) is 0 Å². The first-order valence-electron chi connectivity index (χ1n) is 7.75. The molecule has 2 aromatic rings. The van der Waals surface area contributed by atoms with E-state index in [1.807, 2.05) is 33.4 Å². The smallest absolute Gasteiger partial charge is 0.292 e. The zero-order valence-electron chi connectivity index (χ0n) is 12.9. The summed E-state index contributed by atoms with van der Waals surface area (Å²) < 4.78 is 7.26. The van der Waals surface area contributed by atoms with E-state index in [0.29, 0.717) is 32.1 Å². The number of amides is 1. The van der Waals surface area contributed by atoms with Gasteiger partial charge in [-0.25, -0.2) is 0 Å². The number of carbonyl (C=O) groups is 1. The van der Waals surface area contributed by atoms with Gasteiger partial charge in [-0.3, -0.25) is 4.79 Å². The molecule has 23 heavy (non-hydrogen) atoms. The Kier molecular flexibility index (Phi) is 3.82. The lowest BCUT2D eigenvalue weighted by Gasteiger charge is -2.27. The minimum absolute atomic E-state index is 0.0459. The summed E-state index contributed by atoms with van der Waals surface area (Å²) in [6.45, 7) is 4.36. The molecule has 6 nitrogen and oxygen atoms in total. The number of aromatic nitrogens is 3. The lowest BCUT2D eigenvalue weighted by atomic mass is 10.2. The molecule has 0 N–H and O–H groups in total. The molecule has 0 fully saturated rings. The maximum atomic E-state index is 13.1. The maximum Gasteiger partial charge on any atom is 0.292 e. The normalized spacial score (nSPS) is 20.6. The molecule has 2 aliphatic heterocycles. The van der Waals surface area contributed by atoms with Gasteiger partial charge < -0.3 is 14.2 Å². The van der Waals surface area contributed by atoms with Crippen molar-refractivity contribution in [2.45, 2.75) is 37.6 Å². The van der Waals surface area contributed by atoms with Crippen LogP contribution in [0.3, 0.4) is 0 Å². The highest BCUT2D eigenvalue weighted by atomic mass is 32.2. The predicted molar refractivity (Wildman–Crippen MR) is 86.2 cm³/mol. The second-order valence-electron chi connectivity index (χ2n) is 5.84. The number of hydrogen-bond donors (Lipinski definition) is 0. The van der Waals surface area contributed by atoms with Crippen molar-refractivity contribution < 1.29 is 9.53 Å². The number of rotatable bonds is 1. The average molecular weight is 330 g/mol. The van der Waals surface area contributed by atoms with Gasteiger partial charge in [0.05, 0.1) is 6.61 Å². The molecule has 0 saturated heterocycles. The number of fused-ring (bicyclic) bond motifs is 2. The Bertz CT molecular complexity index is 745. The van der Waals surface area contributed by atoms with Crippen molar-refractivity contribution >= 4 is 17.7 Å². The van der Waals surface area contributed by atoms with E-state index in [-0.39, 0.29) is 11.9 Å². The third-order valence-corrected chi connectivity index (χ3v) is 5.65. The molecule has 0 radical (unpaired) electrons. The van der Waals surface area contributed by atoms with Crippen molar-refractivity contribution in [1.82, 2.24) is 19.7 Å². The number of benzene rings is 1. The van der Waals surface area contributed by atoms with E-state index in [0.717, 1.165) is 11.6 Å². The third-order valence-electron chi connectivity index (χ3n) is 4.30. The van der Waals surface area contributed by atoms with Crippen molar-refractivity contribution in [2.75, 3.05) is 12.4 Å². The molecular weight excluding hydrogens is 312 g/mol. The molecule has 1 aromatic heterocycles. The Morgan fingerprint density at radius 1 is 1.35 bits per heavy atom.